The molecule has 1 heterocycles. The first kappa shape index (κ1) is 15.9. The van der Waals surface area contributed by atoms with Gasteiger partial charge in [0.1, 0.15) is 11.9 Å². The molecule has 0 aliphatic rings. The lowest BCUT2D eigenvalue weighted by Crippen LogP contribution is -2.30. The Labute approximate surface area is 131 Å². The zero-order valence-electron chi connectivity index (χ0n) is 11.4. The number of benzene rings is 1. The zero-order valence-corrected chi connectivity index (χ0v) is 13.0. The second kappa shape index (κ2) is 7.54. The molecule has 21 heavy (non-hydrogen) atoms. The molecule has 0 fully saturated rings. The highest BCUT2D eigenvalue weighted by Crippen LogP contribution is 2.28. The molecule has 0 aliphatic heterocycles. The van der Waals surface area contributed by atoms with Crippen LogP contribution in [0.3, 0.4) is 0 Å². The molecule has 1 atom stereocenters. The Kier molecular flexibility index (Phi) is 5.73. The molecule has 3 nitrogen and oxygen atoms in total. The number of nitrogens with one attached hydrogen (secondary N) is 1. The summed E-state index contributed by atoms with van der Waals surface area (Å²) in [5, 5.41) is 2.81. The van der Waals surface area contributed by atoms with E-state index < -0.39 is 0 Å². The van der Waals surface area contributed by atoms with Gasteiger partial charge < -0.3 is 10.1 Å². The second-order valence-corrected chi connectivity index (χ2v) is 6.22. The summed E-state index contributed by atoms with van der Waals surface area (Å²) in [7, 11) is 1.59. The molecular weight excluding hydrogens is 313 g/mol. The van der Waals surface area contributed by atoms with Crippen molar-refractivity contribution in [2.45, 2.75) is 12.5 Å². The Balaban J connectivity index is 1.86. The fraction of sp³-hybridized carbons (Fsp3) is 0.267. The molecule has 1 aromatic heterocycles. The van der Waals surface area contributed by atoms with Crippen LogP contribution in [0.5, 0.6) is 0 Å². The summed E-state index contributed by atoms with van der Waals surface area (Å²) in [6.45, 7) is 0.368. The quantitative estimate of drug-likeness (QED) is 0.880. The Morgan fingerprint density at radius 2 is 2.05 bits per heavy atom. The number of thiophene rings is 1. The van der Waals surface area contributed by atoms with Gasteiger partial charge in [-0.3, -0.25) is 4.79 Å². The zero-order chi connectivity index (χ0) is 15.2. The van der Waals surface area contributed by atoms with Gasteiger partial charge >= 0.3 is 0 Å². The Bertz CT molecular complexity index is 600. The van der Waals surface area contributed by atoms with Crippen molar-refractivity contribution in [3.05, 3.63) is 57.0 Å². The van der Waals surface area contributed by atoms with E-state index in [2.05, 4.69) is 5.32 Å². The number of ether oxygens (including phenoxy) is 1. The lowest BCUT2D eigenvalue weighted by Gasteiger charge is -2.14. The van der Waals surface area contributed by atoms with Crippen LogP contribution >= 0.6 is 22.9 Å². The van der Waals surface area contributed by atoms with Crippen molar-refractivity contribution in [3.63, 3.8) is 0 Å². The van der Waals surface area contributed by atoms with E-state index in [1.807, 2.05) is 6.07 Å². The molecule has 0 spiro atoms. The van der Waals surface area contributed by atoms with Crippen LogP contribution in [0, 0.1) is 5.82 Å². The summed E-state index contributed by atoms with van der Waals surface area (Å²) in [5.74, 6) is -0.445. The Morgan fingerprint density at radius 1 is 1.33 bits per heavy atom. The highest BCUT2D eigenvalue weighted by atomic mass is 35.5. The van der Waals surface area contributed by atoms with Gasteiger partial charge in [0.15, 0.2) is 0 Å². The topological polar surface area (TPSA) is 38.3 Å². The van der Waals surface area contributed by atoms with Gasteiger partial charge in [0, 0.05) is 18.5 Å². The number of methoxy groups -OCH3 is 1. The third-order valence-electron chi connectivity index (χ3n) is 2.96. The van der Waals surface area contributed by atoms with E-state index in [1.165, 1.54) is 23.5 Å². The standard InChI is InChI=1S/C15H15ClFNO2S/c1-20-12(13-6-7-14(16)21-13)9-18-15(19)8-10-2-4-11(17)5-3-10/h2-7,12H,8-9H2,1H3,(H,18,19)/t12-/m1/s1. The summed E-state index contributed by atoms with van der Waals surface area (Å²) in [5.41, 5.74) is 0.766. The number of amides is 1. The number of rotatable bonds is 6. The average Bonchev–Trinajstić information content (AvgIpc) is 2.89. The Hall–Kier alpha value is -1.43. The van der Waals surface area contributed by atoms with E-state index in [-0.39, 0.29) is 24.2 Å². The number of halogens is 2. The van der Waals surface area contributed by atoms with Crippen molar-refractivity contribution in [2.24, 2.45) is 0 Å². The molecule has 6 heteroatoms. The molecule has 1 N–H and O–H groups in total. The van der Waals surface area contributed by atoms with Crippen LogP contribution in [0.4, 0.5) is 4.39 Å². The minimum Gasteiger partial charge on any atom is -0.374 e. The summed E-state index contributed by atoms with van der Waals surface area (Å²) >= 11 is 7.31. The summed E-state index contributed by atoms with van der Waals surface area (Å²) < 4.78 is 18.8. The molecular formula is C15H15ClFNO2S. The lowest BCUT2D eigenvalue weighted by atomic mass is 10.1. The highest BCUT2D eigenvalue weighted by Gasteiger charge is 2.14. The van der Waals surface area contributed by atoms with Gasteiger partial charge in [-0.05, 0) is 29.8 Å². The molecule has 1 amide bonds. The molecule has 1 aromatic carbocycles. The van der Waals surface area contributed by atoms with E-state index in [0.29, 0.717) is 10.9 Å². The largest absolute Gasteiger partial charge is 0.374 e. The predicted octanol–water partition coefficient (Wildman–Crippen LogP) is 3.59. The first-order chi connectivity index (χ1) is 10.1. The smallest absolute Gasteiger partial charge is 0.224 e. The fourth-order valence-corrected chi connectivity index (χ4v) is 3.00. The van der Waals surface area contributed by atoms with Crippen LogP contribution < -0.4 is 5.32 Å². The molecule has 0 aliphatic carbocycles. The van der Waals surface area contributed by atoms with E-state index in [4.69, 9.17) is 16.3 Å². The lowest BCUT2D eigenvalue weighted by molar-refractivity contribution is -0.121. The van der Waals surface area contributed by atoms with Crippen molar-refractivity contribution < 1.29 is 13.9 Å². The maximum atomic E-state index is 12.8. The minimum absolute atomic E-state index is 0.133. The predicted molar refractivity (Wildman–Crippen MR) is 82.2 cm³/mol. The van der Waals surface area contributed by atoms with Crippen molar-refractivity contribution in [1.82, 2.24) is 5.32 Å². The fourth-order valence-electron chi connectivity index (χ4n) is 1.86. The van der Waals surface area contributed by atoms with E-state index in [0.717, 1.165) is 10.4 Å². The van der Waals surface area contributed by atoms with Crippen LogP contribution in [0.15, 0.2) is 36.4 Å². The number of carbonyl (C=O) groups is 1. The van der Waals surface area contributed by atoms with E-state index >= 15 is 0 Å². The third-order valence-corrected chi connectivity index (χ3v) is 4.28. The van der Waals surface area contributed by atoms with Crippen LogP contribution in [0.1, 0.15) is 16.5 Å². The SMILES string of the molecule is CO[C@H](CNC(=O)Cc1ccc(F)cc1)c1ccc(Cl)s1. The first-order valence-electron chi connectivity index (χ1n) is 6.37. The van der Waals surface area contributed by atoms with Crippen LogP contribution in [0.2, 0.25) is 4.34 Å². The minimum atomic E-state index is -0.312. The summed E-state index contributed by atoms with van der Waals surface area (Å²) in [6.07, 6.45) is -0.0123. The molecule has 2 rings (SSSR count). The summed E-state index contributed by atoms with van der Waals surface area (Å²) in [6, 6.07) is 9.56. The van der Waals surface area contributed by atoms with Crippen LogP contribution in [0.25, 0.3) is 0 Å². The molecule has 0 saturated heterocycles. The van der Waals surface area contributed by atoms with Crippen LogP contribution in [-0.4, -0.2) is 19.6 Å². The molecule has 2 aromatic rings. The maximum Gasteiger partial charge on any atom is 0.224 e. The number of hydrogen-bond acceptors (Lipinski definition) is 3. The second-order valence-electron chi connectivity index (χ2n) is 4.47. The Morgan fingerprint density at radius 3 is 2.62 bits per heavy atom. The van der Waals surface area contributed by atoms with E-state index in [1.54, 1.807) is 25.3 Å². The molecule has 0 bridgehead atoms. The third kappa shape index (κ3) is 4.81. The average molecular weight is 328 g/mol. The molecule has 0 radical (unpaired) electrons. The maximum absolute atomic E-state index is 12.8. The number of hydrogen-bond donors (Lipinski definition) is 1. The van der Waals surface area contributed by atoms with Crippen LogP contribution in [-0.2, 0) is 16.0 Å². The molecule has 0 saturated carbocycles. The van der Waals surface area contributed by atoms with Gasteiger partial charge in [0.05, 0.1) is 10.8 Å². The molecule has 112 valence electrons. The summed E-state index contributed by atoms with van der Waals surface area (Å²) in [4.78, 5) is 12.8. The van der Waals surface area contributed by atoms with Crippen molar-refractivity contribution in [2.75, 3.05) is 13.7 Å². The first-order valence-corrected chi connectivity index (χ1v) is 7.57. The monoisotopic (exact) mass is 327 g/mol. The number of carbonyl (C=O) groups excluding carboxylic acids is 1. The van der Waals surface area contributed by atoms with Gasteiger partial charge in [-0.15, -0.1) is 11.3 Å². The van der Waals surface area contributed by atoms with Crippen molar-refractivity contribution >= 4 is 28.8 Å². The van der Waals surface area contributed by atoms with Gasteiger partial charge in [-0.25, -0.2) is 4.39 Å². The van der Waals surface area contributed by atoms with Gasteiger partial charge in [0.25, 0.3) is 0 Å². The normalized spacial score (nSPS) is 12.1. The van der Waals surface area contributed by atoms with Gasteiger partial charge in [0.2, 0.25) is 5.91 Å². The van der Waals surface area contributed by atoms with Crippen molar-refractivity contribution in [3.8, 4) is 0 Å². The van der Waals surface area contributed by atoms with Crippen molar-refractivity contribution in [1.29, 1.82) is 0 Å². The van der Waals surface area contributed by atoms with Gasteiger partial charge in [-0.1, -0.05) is 23.7 Å². The molecule has 0 unspecified atom stereocenters. The van der Waals surface area contributed by atoms with Gasteiger partial charge in [-0.2, -0.15) is 0 Å². The van der Waals surface area contributed by atoms with E-state index in [9.17, 15) is 9.18 Å². The highest BCUT2D eigenvalue weighted by molar-refractivity contribution is 7.16.